The lowest BCUT2D eigenvalue weighted by atomic mass is 9.82. The van der Waals surface area contributed by atoms with Gasteiger partial charge in [0, 0.05) is 42.0 Å². The zero-order valence-electron chi connectivity index (χ0n) is 14.7. The molecule has 2 aromatic heterocycles. The van der Waals surface area contributed by atoms with E-state index in [2.05, 4.69) is 45.5 Å². The second kappa shape index (κ2) is 7.97. The smallest absolute Gasteiger partial charge is 0.141 e. The predicted molar refractivity (Wildman–Crippen MR) is 120 cm³/mol. The van der Waals surface area contributed by atoms with Gasteiger partial charge in [0.15, 0.2) is 0 Å². The molecule has 5 heterocycles. The van der Waals surface area contributed by atoms with Crippen molar-refractivity contribution in [3.05, 3.63) is 58.5 Å². The number of H-pyrrole nitrogens is 1. The Labute approximate surface area is 175 Å². The Hall–Kier alpha value is -1.95. The van der Waals surface area contributed by atoms with Gasteiger partial charge in [0.1, 0.15) is 5.84 Å². The number of benzene rings is 1. The van der Waals surface area contributed by atoms with Crippen molar-refractivity contribution in [1.29, 1.82) is 0 Å². The highest BCUT2D eigenvalue weighted by Crippen LogP contribution is 2.40. The summed E-state index contributed by atoms with van der Waals surface area (Å²) >= 11 is 1.61. The number of fused-ring (bicyclic) bond motifs is 3. The normalized spacial score (nSPS) is 16.8. The van der Waals surface area contributed by atoms with Gasteiger partial charge in [-0.15, -0.1) is 36.2 Å². The first-order chi connectivity index (χ1) is 12.3. The zero-order chi connectivity index (χ0) is 16.8. The van der Waals surface area contributed by atoms with Crippen molar-refractivity contribution < 1.29 is 0 Å². The summed E-state index contributed by atoms with van der Waals surface area (Å²) in [6, 6.07) is 10.3. The van der Waals surface area contributed by atoms with Crippen molar-refractivity contribution in [3.63, 3.8) is 0 Å². The van der Waals surface area contributed by atoms with Crippen molar-refractivity contribution in [2.75, 3.05) is 13.1 Å². The van der Waals surface area contributed by atoms with Gasteiger partial charge in [0.25, 0.3) is 0 Å². The summed E-state index contributed by atoms with van der Waals surface area (Å²) in [6.45, 7) is 2.41. The van der Waals surface area contributed by atoms with Crippen LogP contribution in [0.25, 0.3) is 16.5 Å². The van der Waals surface area contributed by atoms with E-state index in [0.717, 1.165) is 16.1 Å². The molecular formula is C20H22Cl2N4S. The lowest BCUT2D eigenvalue weighted by Gasteiger charge is -2.39. The summed E-state index contributed by atoms with van der Waals surface area (Å²) in [5.74, 6) is 1.28. The topological polar surface area (TPSA) is 57.4 Å². The Bertz CT molecular complexity index is 983. The van der Waals surface area contributed by atoms with Crippen molar-refractivity contribution in [2.24, 2.45) is 16.6 Å². The second-order valence-corrected chi connectivity index (χ2v) is 7.75. The molecule has 4 nitrogen and oxygen atoms in total. The molecular weight excluding hydrogens is 399 g/mol. The molecule has 0 atom stereocenters. The number of halogens is 2. The maximum Gasteiger partial charge on any atom is 0.141 e. The van der Waals surface area contributed by atoms with E-state index in [9.17, 15) is 0 Å². The molecule has 27 heavy (non-hydrogen) atoms. The lowest BCUT2D eigenvalue weighted by Crippen LogP contribution is -2.35. The maximum absolute atomic E-state index is 6.11. The van der Waals surface area contributed by atoms with E-state index in [0.29, 0.717) is 11.8 Å². The van der Waals surface area contributed by atoms with Crippen LogP contribution in [0.5, 0.6) is 0 Å². The van der Waals surface area contributed by atoms with Crippen molar-refractivity contribution in [1.82, 2.24) is 9.88 Å². The first kappa shape index (κ1) is 19.8. The number of aromatic amines is 1. The molecule has 3 N–H and O–H groups in total. The van der Waals surface area contributed by atoms with Crippen molar-refractivity contribution in [3.8, 4) is 0 Å². The number of allylic oxidation sites excluding steroid dienone is 1. The molecule has 0 unspecified atom stereocenters. The number of aliphatic imine (C=N–C) groups is 1. The fourth-order valence-electron chi connectivity index (χ4n) is 3.97. The Balaban J connectivity index is 0.00000105. The molecule has 3 aliphatic heterocycles. The number of amidine groups is 1. The second-order valence-electron chi connectivity index (χ2n) is 6.80. The van der Waals surface area contributed by atoms with E-state index in [1.165, 1.54) is 42.5 Å². The van der Waals surface area contributed by atoms with Gasteiger partial charge in [-0.25, -0.2) is 4.99 Å². The van der Waals surface area contributed by atoms with Gasteiger partial charge in [0.05, 0.1) is 10.6 Å². The highest BCUT2D eigenvalue weighted by molar-refractivity contribution is 7.12. The quantitative estimate of drug-likeness (QED) is 0.453. The minimum absolute atomic E-state index is 0. The zero-order valence-corrected chi connectivity index (χ0v) is 17.2. The first-order valence-corrected chi connectivity index (χ1v) is 9.61. The van der Waals surface area contributed by atoms with Crippen LogP contribution in [0.2, 0.25) is 0 Å². The monoisotopic (exact) mass is 420 g/mol. The van der Waals surface area contributed by atoms with E-state index >= 15 is 0 Å². The standard InChI is InChI=1S/C20H20N4S.2ClH/c21-20(19-2-1-9-25-19)23-14-3-4-15-16(11-22-18(15)10-14)17-12-24-7-5-13(17)6-8-24;;/h1-4,9-13,22H,5-8H2,(H2,21,23);2*1H. The Morgan fingerprint density at radius 3 is 2.67 bits per heavy atom. The van der Waals surface area contributed by atoms with Crippen LogP contribution in [0, 0.1) is 5.92 Å². The average molecular weight is 421 g/mol. The fraction of sp³-hybridized carbons (Fsp3) is 0.250. The van der Waals surface area contributed by atoms with Gasteiger partial charge < -0.3 is 15.6 Å². The molecule has 1 saturated heterocycles. The molecule has 0 saturated carbocycles. The summed E-state index contributed by atoms with van der Waals surface area (Å²) in [5, 5.41) is 3.29. The maximum atomic E-state index is 6.11. The number of piperidine rings is 1. The van der Waals surface area contributed by atoms with Crippen LogP contribution >= 0.6 is 36.2 Å². The van der Waals surface area contributed by atoms with E-state index < -0.39 is 0 Å². The average Bonchev–Trinajstić information content (AvgIpc) is 3.32. The van der Waals surface area contributed by atoms with E-state index in [-0.39, 0.29) is 24.8 Å². The Morgan fingerprint density at radius 2 is 2.00 bits per heavy atom. The van der Waals surface area contributed by atoms with E-state index in [1.807, 2.05) is 17.5 Å². The van der Waals surface area contributed by atoms with Crippen LogP contribution in [0.3, 0.4) is 0 Å². The largest absolute Gasteiger partial charge is 0.383 e. The summed E-state index contributed by atoms with van der Waals surface area (Å²) in [5.41, 5.74) is 10.9. The SMILES string of the molecule is Cl.Cl.NC(=Nc1ccc2c(C3=CN4CCC3CC4)c[nH]c2c1)c1cccs1. The van der Waals surface area contributed by atoms with Crippen LogP contribution < -0.4 is 5.73 Å². The molecule has 142 valence electrons. The molecule has 0 radical (unpaired) electrons. The number of nitrogens with one attached hydrogen (secondary N) is 1. The number of rotatable bonds is 3. The van der Waals surface area contributed by atoms with Gasteiger partial charge in [-0.1, -0.05) is 12.1 Å². The Kier molecular flexibility index (Phi) is 5.84. The minimum atomic E-state index is 0. The van der Waals surface area contributed by atoms with Crippen LogP contribution in [0.15, 0.2) is 53.1 Å². The van der Waals surface area contributed by atoms with Crippen LogP contribution in [0.1, 0.15) is 23.3 Å². The third kappa shape index (κ3) is 3.59. The molecule has 0 amide bonds. The van der Waals surface area contributed by atoms with E-state index in [1.54, 1.807) is 11.3 Å². The third-order valence-electron chi connectivity index (χ3n) is 5.29. The number of hydrogen-bond donors (Lipinski definition) is 2. The minimum Gasteiger partial charge on any atom is -0.383 e. The van der Waals surface area contributed by atoms with Gasteiger partial charge in [-0.3, -0.25) is 0 Å². The lowest BCUT2D eigenvalue weighted by molar-refractivity contribution is 0.252. The molecule has 3 aliphatic rings. The summed E-state index contributed by atoms with van der Waals surface area (Å²) in [4.78, 5) is 11.5. The number of nitrogens with zero attached hydrogens (tertiary/aromatic N) is 2. The summed E-state index contributed by atoms with van der Waals surface area (Å²) < 4.78 is 0. The van der Waals surface area contributed by atoms with Gasteiger partial charge in [-0.2, -0.15) is 0 Å². The molecule has 2 bridgehead atoms. The molecule has 6 rings (SSSR count). The van der Waals surface area contributed by atoms with E-state index in [4.69, 9.17) is 5.73 Å². The number of thiophene rings is 1. The van der Waals surface area contributed by atoms with Gasteiger partial charge in [-0.05, 0) is 47.9 Å². The van der Waals surface area contributed by atoms with Crippen LogP contribution in [-0.4, -0.2) is 28.8 Å². The van der Waals surface area contributed by atoms with Gasteiger partial charge in [0.2, 0.25) is 0 Å². The van der Waals surface area contributed by atoms with Crippen molar-refractivity contribution >= 4 is 64.1 Å². The highest BCUT2D eigenvalue weighted by Gasteiger charge is 2.28. The predicted octanol–water partition coefficient (Wildman–Crippen LogP) is 5.18. The number of aromatic nitrogens is 1. The van der Waals surface area contributed by atoms with Crippen LogP contribution in [-0.2, 0) is 0 Å². The van der Waals surface area contributed by atoms with Crippen molar-refractivity contribution in [2.45, 2.75) is 12.8 Å². The molecule has 0 aliphatic carbocycles. The number of hydrogen-bond acceptors (Lipinski definition) is 3. The molecule has 1 aromatic carbocycles. The molecule has 3 aromatic rings. The van der Waals surface area contributed by atoms with Crippen LogP contribution in [0.4, 0.5) is 5.69 Å². The molecule has 7 heteroatoms. The summed E-state index contributed by atoms with van der Waals surface area (Å²) in [6.07, 6.45) is 7.06. The summed E-state index contributed by atoms with van der Waals surface area (Å²) in [7, 11) is 0. The van der Waals surface area contributed by atoms with Gasteiger partial charge >= 0.3 is 0 Å². The number of nitrogens with two attached hydrogens (primary N) is 1. The first-order valence-electron chi connectivity index (χ1n) is 8.73. The Morgan fingerprint density at radius 1 is 1.19 bits per heavy atom. The third-order valence-corrected chi connectivity index (χ3v) is 6.18. The molecule has 1 fully saturated rings. The fourth-order valence-corrected chi connectivity index (χ4v) is 4.60. The highest BCUT2D eigenvalue weighted by atomic mass is 35.5. The molecule has 0 spiro atoms.